The van der Waals surface area contributed by atoms with Crippen molar-refractivity contribution in [2.75, 3.05) is 62.2 Å². The molecule has 6 aromatic rings. The van der Waals surface area contributed by atoms with E-state index in [4.69, 9.17) is 9.97 Å². The second kappa shape index (κ2) is 19.3. The van der Waals surface area contributed by atoms with Gasteiger partial charge in [-0.15, -0.1) is 22.7 Å². The molecule has 62 heavy (non-hydrogen) atoms. The van der Waals surface area contributed by atoms with Crippen LogP contribution in [0.4, 0.5) is 10.3 Å². The van der Waals surface area contributed by atoms with Crippen LogP contribution < -0.4 is 9.80 Å². The van der Waals surface area contributed by atoms with Crippen LogP contribution in [0.5, 0.6) is 0 Å². The molecule has 0 spiro atoms. The predicted octanol–water partition coefficient (Wildman–Crippen LogP) is 7.47. The standard InChI is InChI=1S/2C23H24N4O2S2/c1-17-6-5-8-19(18(17)2)14-21-16-30-23(25-21)26-10-12-27(13-11-26)31(28,29)22-9-4-3-7-20(22)15-24;1-17-7-8-18(2)20(13-17)14-21-16-30-23(25-21)26-9-11-27(12-10-26)31(28,29)22-6-4-3-5-19(22)15-24/h3-9,16H,10-14H2,1-2H3;3-8,13,16H,9-12,14H2,1-2H3. The Hall–Kier alpha value is -5.46. The molecule has 4 heterocycles. The molecule has 0 atom stereocenters. The Morgan fingerprint density at radius 2 is 1.03 bits per heavy atom. The highest BCUT2D eigenvalue weighted by Gasteiger charge is 2.32. The van der Waals surface area contributed by atoms with E-state index in [0.717, 1.165) is 34.5 Å². The van der Waals surface area contributed by atoms with Gasteiger partial charge in [-0.2, -0.15) is 19.1 Å². The zero-order valence-electron chi connectivity index (χ0n) is 35.2. The summed E-state index contributed by atoms with van der Waals surface area (Å²) in [5.41, 5.74) is 10.1. The molecule has 0 radical (unpaired) electrons. The van der Waals surface area contributed by atoms with Crippen LogP contribution in [0.2, 0.25) is 0 Å². The Morgan fingerprint density at radius 1 is 0.565 bits per heavy atom. The zero-order valence-corrected chi connectivity index (χ0v) is 38.4. The van der Waals surface area contributed by atoms with Gasteiger partial charge in [-0.05, 0) is 79.8 Å². The number of thiazole rings is 2. The molecule has 2 aliphatic heterocycles. The largest absolute Gasteiger partial charge is 0.345 e. The summed E-state index contributed by atoms with van der Waals surface area (Å²) in [6, 6.07) is 29.5. The first kappa shape index (κ1) is 44.6. The SMILES string of the molecule is Cc1ccc(C)c(Cc2csc(N3CCN(S(=O)(=O)c4ccccc4C#N)CC3)n2)c1.Cc1cccc(Cc2csc(N3CCN(S(=O)(=O)c4ccccc4C#N)CC3)n2)c1C. The van der Waals surface area contributed by atoms with E-state index >= 15 is 0 Å². The third kappa shape index (κ3) is 9.92. The van der Waals surface area contributed by atoms with Gasteiger partial charge < -0.3 is 9.80 Å². The molecule has 0 aliphatic carbocycles. The van der Waals surface area contributed by atoms with Gasteiger partial charge in [0.25, 0.3) is 0 Å². The van der Waals surface area contributed by atoms with Crippen molar-refractivity contribution in [2.45, 2.75) is 50.3 Å². The van der Waals surface area contributed by atoms with Crippen LogP contribution in [0.1, 0.15) is 55.9 Å². The number of nitrogens with zero attached hydrogens (tertiary/aromatic N) is 8. The summed E-state index contributed by atoms with van der Waals surface area (Å²) < 4.78 is 55.0. The van der Waals surface area contributed by atoms with Crippen molar-refractivity contribution < 1.29 is 16.8 Å². The van der Waals surface area contributed by atoms with E-state index in [0.29, 0.717) is 52.4 Å². The van der Waals surface area contributed by atoms with E-state index in [9.17, 15) is 27.4 Å². The van der Waals surface area contributed by atoms with E-state index in [1.807, 2.05) is 12.1 Å². The minimum Gasteiger partial charge on any atom is -0.345 e. The molecule has 2 saturated heterocycles. The van der Waals surface area contributed by atoms with Crippen LogP contribution in [-0.4, -0.2) is 87.8 Å². The molecular formula is C46H48N8O4S4. The Morgan fingerprint density at radius 3 is 1.52 bits per heavy atom. The molecule has 16 heteroatoms. The number of piperazine rings is 2. The van der Waals surface area contributed by atoms with Crippen molar-refractivity contribution in [1.29, 1.82) is 10.5 Å². The Kier molecular flexibility index (Phi) is 13.9. The first-order valence-electron chi connectivity index (χ1n) is 20.3. The van der Waals surface area contributed by atoms with Gasteiger partial charge in [0.2, 0.25) is 20.0 Å². The number of rotatable bonds is 10. The minimum atomic E-state index is -3.69. The fourth-order valence-electron chi connectivity index (χ4n) is 7.52. The lowest BCUT2D eigenvalue weighted by Gasteiger charge is -2.33. The van der Waals surface area contributed by atoms with Gasteiger partial charge in [-0.3, -0.25) is 0 Å². The van der Waals surface area contributed by atoms with Crippen molar-refractivity contribution in [1.82, 2.24) is 18.6 Å². The highest BCUT2D eigenvalue weighted by Crippen LogP contribution is 2.29. The highest BCUT2D eigenvalue weighted by atomic mass is 32.2. The van der Waals surface area contributed by atoms with Crippen molar-refractivity contribution in [3.63, 3.8) is 0 Å². The van der Waals surface area contributed by atoms with Gasteiger partial charge in [-0.25, -0.2) is 26.8 Å². The molecule has 12 nitrogen and oxygen atoms in total. The van der Waals surface area contributed by atoms with Crippen molar-refractivity contribution >= 4 is 53.0 Å². The normalized spacial score (nSPS) is 15.1. The lowest BCUT2D eigenvalue weighted by atomic mass is 10.0. The first-order valence-corrected chi connectivity index (χ1v) is 24.9. The van der Waals surface area contributed by atoms with E-state index in [1.165, 1.54) is 66.3 Å². The molecule has 0 amide bonds. The Labute approximate surface area is 373 Å². The Balaban J connectivity index is 0.000000186. The van der Waals surface area contributed by atoms with E-state index in [-0.39, 0.29) is 20.9 Å². The molecule has 2 fully saturated rings. The molecule has 8 rings (SSSR count). The van der Waals surface area contributed by atoms with Crippen molar-refractivity contribution in [3.05, 3.63) is 152 Å². The summed E-state index contributed by atoms with van der Waals surface area (Å²) in [5.74, 6) is 0. The Bertz CT molecular complexity index is 2720. The summed E-state index contributed by atoms with van der Waals surface area (Å²) >= 11 is 3.20. The van der Waals surface area contributed by atoms with Crippen molar-refractivity contribution in [3.8, 4) is 12.1 Å². The number of nitriles is 2. The summed E-state index contributed by atoms with van der Waals surface area (Å²) in [7, 11) is -7.38. The molecular weight excluding hydrogens is 857 g/mol. The number of aromatic nitrogens is 2. The minimum absolute atomic E-state index is 0.0796. The number of sulfonamides is 2. The van der Waals surface area contributed by atoms with Gasteiger partial charge in [0.05, 0.1) is 32.3 Å². The second-order valence-corrected chi connectivity index (χ2v) is 20.9. The van der Waals surface area contributed by atoms with E-state index < -0.39 is 20.0 Å². The van der Waals surface area contributed by atoms with E-state index in [1.54, 1.807) is 46.9 Å². The molecule has 0 bridgehead atoms. The summed E-state index contributed by atoms with van der Waals surface area (Å²) in [6.45, 7) is 12.2. The van der Waals surface area contributed by atoms with Gasteiger partial charge in [0, 0.05) is 76.0 Å². The van der Waals surface area contributed by atoms with Gasteiger partial charge in [0.1, 0.15) is 12.1 Å². The maximum absolute atomic E-state index is 13.0. The number of benzene rings is 4. The molecule has 0 unspecified atom stereocenters. The quantitative estimate of drug-likeness (QED) is 0.135. The smallest absolute Gasteiger partial charge is 0.244 e. The number of anilines is 2. The van der Waals surface area contributed by atoms with Gasteiger partial charge in [0.15, 0.2) is 10.3 Å². The van der Waals surface area contributed by atoms with Crippen LogP contribution in [0, 0.1) is 50.4 Å². The fourth-order valence-corrected chi connectivity index (χ4v) is 12.4. The topological polar surface area (TPSA) is 155 Å². The molecule has 2 aliphatic rings. The molecule has 0 saturated carbocycles. The maximum Gasteiger partial charge on any atom is 0.244 e. The fraction of sp³-hybridized carbons (Fsp3) is 0.304. The van der Waals surface area contributed by atoms with Crippen LogP contribution in [0.15, 0.2) is 105 Å². The number of hydrogen-bond acceptors (Lipinski definition) is 12. The summed E-state index contributed by atoms with van der Waals surface area (Å²) in [6.07, 6.45) is 1.59. The van der Waals surface area contributed by atoms with Gasteiger partial charge in [-0.1, -0.05) is 66.2 Å². The average Bonchev–Trinajstić information content (AvgIpc) is 3.97. The van der Waals surface area contributed by atoms with Gasteiger partial charge >= 0.3 is 0 Å². The van der Waals surface area contributed by atoms with E-state index in [2.05, 4.69) is 84.7 Å². The molecule has 2 aromatic heterocycles. The highest BCUT2D eigenvalue weighted by molar-refractivity contribution is 7.89. The first-order chi connectivity index (χ1) is 29.8. The number of aryl methyl sites for hydroxylation is 3. The monoisotopic (exact) mass is 904 g/mol. The van der Waals surface area contributed by atoms with Crippen LogP contribution >= 0.6 is 22.7 Å². The third-order valence-corrected chi connectivity index (χ3v) is 17.1. The maximum atomic E-state index is 13.0. The second-order valence-electron chi connectivity index (χ2n) is 15.4. The summed E-state index contributed by atoms with van der Waals surface area (Å²) in [4.78, 5) is 14.0. The molecule has 4 aromatic carbocycles. The third-order valence-electron chi connectivity index (χ3n) is 11.3. The molecule has 0 N–H and O–H groups in total. The average molecular weight is 905 g/mol. The number of hydrogen-bond donors (Lipinski definition) is 0. The lowest BCUT2D eigenvalue weighted by Crippen LogP contribution is -2.48. The molecule has 320 valence electrons. The zero-order chi connectivity index (χ0) is 44.0. The van der Waals surface area contributed by atoms with Crippen LogP contribution in [0.3, 0.4) is 0 Å². The van der Waals surface area contributed by atoms with Crippen LogP contribution in [0.25, 0.3) is 0 Å². The lowest BCUT2D eigenvalue weighted by molar-refractivity contribution is 0.384. The van der Waals surface area contributed by atoms with Crippen molar-refractivity contribution in [2.24, 2.45) is 0 Å². The predicted molar refractivity (Wildman–Crippen MR) is 246 cm³/mol. The van der Waals surface area contributed by atoms with Crippen LogP contribution in [-0.2, 0) is 32.9 Å². The summed E-state index contributed by atoms with van der Waals surface area (Å²) in [5, 5.41) is 24.6.